The Morgan fingerprint density at radius 1 is 0.933 bits per heavy atom. The molecule has 0 aliphatic carbocycles. The Labute approximate surface area is 171 Å². The van der Waals surface area contributed by atoms with E-state index in [-0.39, 0.29) is 5.56 Å². The summed E-state index contributed by atoms with van der Waals surface area (Å²) in [6.07, 6.45) is 3.36. The SMILES string of the molecule is O=C(N/N=C\c1c[nH]c2ccccc12)c1cccc(NC(=O)c2ccccc2F)c1. The number of benzene rings is 3. The fourth-order valence-corrected chi connectivity index (χ4v) is 3.01. The van der Waals surface area contributed by atoms with Gasteiger partial charge in [0, 0.05) is 33.9 Å². The van der Waals surface area contributed by atoms with Crippen LogP contribution in [0.1, 0.15) is 26.3 Å². The molecule has 0 bridgehead atoms. The molecule has 1 heterocycles. The second-order valence-corrected chi connectivity index (χ2v) is 6.50. The molecule has 0 radical (unpaired) electrons. The lowest BCUT2D eigenvalue weighted by Gasteiger charge is -2.07. The van der Waals surface area contributed by atoms with Crippen LogP contribution in [0.25, 0.3) is 10.9 Å². The van der Waals surface area contributed by atoms with Crippen molar-refractivity contribution in [3.05, 3.63) is 102 Å². The van der Waals surface area contributed by atoms with Crippen LogP contribution < -0.4 is 10.7 Å². The van der Waals surface area contributed by atoms with Gasteiger partial charge < -0.3 is 10.3 Å². The average Bonchev–Trinajstić information content (AvgIpc) is 3.17. The molecule has 1 aromatic heterocycles. The number of para-hydroxylation sites is 1. The summed E-state index contributed by atoms with van der Waals surface area (Å²) in [6, 6.07) is 19.8. The van der Waals surface area contributed by atoms with Crippen LogP contribution in [0.2, 0.25) is 0 Å². The van der Waals surface area contributed by atoms with Crippen LogP contribution >= 0.6 is 0 Å². The molecule has 0 aliphatic heterocycles. The van der Waals surface area contributed by atoms with E-state index in [1.165, 1.54) is 24.3 Å². The molecule has 0 fully saturated rings. The Morgan fingerprint density at radius 2 is 1.73 bits per heavy atom. The number of rotatable bonds is 5. The zero-order chi connectivity index (χ0) is 20.9. The smallest absolute Gasteiger partial charge is 0.271 e. The molecular formula is C23H17FN4O2. The minimum Gasteiger partial charge on any atom is -0.361 e. The Kier molecular flexibility index (Phi) is 5.34. The second-order valence-electron chi connectivity index (χ2n) is 6.50. The summed E-state index contributed by atoms with van der Waals surface area (Å²) in [5.41, 5.74) is 4.89. The van der Waals surface area contributed by atoms with Gasteiger partial charge in [0.1, 0.15) is 5.82 Å². The zero-order valence-corrected chi connectivity index (χ0v) is 15.7. The number of hydrazone groups is 1. The monoisotopic (exact) mass is 400 g/mol. The van der Waals surface area contributed by atoms with Crippen LogP contribution in [0, 0.1) is 5.82 Å². The standard InChI is InChI=1S/C23H17FN4O2/c24-20-10-3-1-9-19(20)23(30)27-17-7-5-6-15(12-17)22(29)28-26-14-16-13-25-21-11-4-2-8-18(16)21/h1-14,25H,(H,27,30)(H,28,29)/b26-14-. The first kappa shape index (κ1) is 19.1. The van der Waals surface area contributed by atoms with Crippen LogP contribution in [0.4, 0.5) is 10.1 Å². The van der Waals surface area contributed by atoms with Gasteiger partial charge in [0.05, 0.1) is 11.8 Å². The van der Waals surface area contributed by atoms with Gasteiger partial charge in [0.2, 0.25) is 0 Å². The topological polar surface area (TPSA) is 86.3 Å². The molecule has 3 N–H and O–H groups in total. The molecule has 4 rings (SSSR count). The molecule has 0 saturated heterocycles. The van der Waals surface area contributed by atoms with Crippen molar-refractivity contribution in [1.29, 1.82) is 0 Å². The molecule has 0 unspecified atom stereocenters. The number of hydrogen-bond acceptors (Lipinski definition) is 3. The van der Waals surface area contributed by atoms with Gasteiger partial charge in [-0.1, -0.05) is 36.4 Å². The lowest BCUT2D eigenvalue weighted by atomic mass is 10.1. The quantitative estimate of drug-likeness (QED) is 0.344. The van der Waals surface area contributed by atoms with E-state index < -0.39 is 17.6 Å². The maximum Gasteiger partial charge on any atom is 0.271 e. The van der Waals surface area contributed by atoms with Gasteiger partial charge in [-0.05, 0) is 36.4 Å². The first-order valence-corrected chi connectivity index (χ1v) is 9.17. The van der Waals surface area contributed by atoms with E-state index in [1.54, 1.807) is 36.7 Å². The van der Waals surface area contributed by atoms with Crippen LogP contribution in [0.5, 0.6) is 0 Å². The number of nitrogens with zero attached hydrogens (tertiary/aromatic N) is 1. The van der Waals surface area contributed by atoms with Gasteiger partial charge >= 0.3 is 0 Å². The summed E-state index contributed by atoms with van der Waals surface area (Å²) in [6.45, 7) is 0. The van der Waals surface area contributed by atoms with E-state index in [0.717, 1.165) is 16.5 Å². The molecule has 148 valence electrons. The number of nitrogens with one attached hydrogen (secondary N) is 3. The molecule has 0 aliphatic rings. The highest BCUT2D eigenvalue weighted by Crippen LogP contribution is 2.16. The predicted molar refractivity (Wildman–Crippen MR) is 114 cm³/mol. The van der Waals surface area contributed by atoms with E-state index in [4.69, 9.17) is 0 Å². The molecule has 0 saturated carbocycles. The fourth-order valence-electron chi connectivity index (χ4n) is 3.01. The third-order valence-corrected chi connectivity index (χ3v) is 4.49. The number of carbonyl (C=O) groups excluding carboxylic acids is 2. The maximum absolute atomic E-state index is 13.8. The fraction of sp³-hybridized carbons (Fsp3) is 0. The second kappa shape index (κ2) is 8.40. The molecule has 6 nitrogen and oxygen atoms in total. The Bertz CT molecular complexity index is 1260. The van der Waals surface area contributed by atoms with E-state index in [1.807, 2.05) is 24.3 Å². The number of fused-ring (bicyclic) bond motifs is 1. The summed E-state index contributed by atoms with van der Waals surface area (Å²) in [7, 11) is 0. The third-order valence-electron chi connectivity index (χ3n) is 4.49. The minimum absolute atomic E-state index is 0.0734. The van der Waals surface area contributed by atoms with Gasteiger partial charge in [0.25, 0.3) is 11.8 Å². The summed E-state index contributed by atoms with van der Waals surface area (Å²) >= 11 is 0. The van der Waals surface area contributed by atoms with Crippen LogP contribution in [-0.2, 0) is 0 Å². The third kappa shape index (κ3) is 4.10. The van der Waals surface area contributed by atoms with Gasteiger partial charge in [0.15, 0.2) is 0 Å². The number of anilines is 1. The zero-order valence-electron chi connectivity index (χ0n) is 15.7. The molecule has 4 aromatic rings. The van der Waals surface area contributed by atoms with Crippen LogP contribution in [-0.4, -0.2) is 23.0 Å². The highest BCUT2D eigenvalue weighted by Gasteiger charge is 2.12. The first-order valence-electron chi connectivity index (χ1n) is 9.17. The van der Waals surface area contributed by atoms with Gasteiger partial charge in [-0.3, -0.25) is 9.59 Å². The number of H-pyrrole nitrogens is 1. The highest BCUT2D eigenvalue weighted by atomic mass is 19.1. The van der Waals surface area contributed by atoms with Crippen molar-refractivity contribution in [3.63, 3.8) is 0 Å². The lowest BCUT2D eigenvalue weighted by Crippen LogP contribution is -2.18. The molecule has 3 aromatic carbocycles. The molecule has 2 amide bonds. The van der Waals surface area contributed by atoms with Crippen molar-refractivity contribution >= 4 is 34.6 Å². The van der Waals surface area contributed by atoms with E-state index in [2.05, 4.69) is 20.8 Å². The largest absolute Gasteiger partial charge is 0.361 e. The van der Waals surface area contributed by atoms with Crippen molar-refractivity contribution < 1.29 is 14.0 Å². The number of hydrogen-bond donors (Lipinski definition) is 3. The van der Waals surface area contributed by atoms with E-state index in [9.17, 15) is 14.0 Å². The van der Waals surface area contributed by atoms with Crippen molar-refractivity contribution in [2.24, 2.45) is 5.10 Å². The predicted octanol–water partition coefficient (Wildman–Crippen LogP) is 4.32. The normalized spacial score (nSPS) is 11.0. The van der Waals surface area contributed by atoms with Gasteiger partial charge in [-0.15, -0.1) is 0 Å². The number of aromatic amines is 1. The van der Waals surface area contributed by atoms with Crippen molar-refractivity contribution in [1.82, 2.24) is 10.4 Å². The number of carbonyl (C=O) groups is 2. The summed E-state index contributed by atoms with van der Waals surface area (Å²) in [5, 5.41) is 7.59. The van der Waals surface area contributed by atoms with Crippen molar-refractivity contribution in [2.45, 2.75) is 0 Å². The highest BCUT2D eigenvalue weighted by molar-refractivity contribution is 6.05. The molecular weight excluding hydrogens is 383 g/mol. The summed E-state index contributed by atoms with van der Waals surface area (Å²) in [4.78, 5) is 27.8. The number of aromatic nitrogens is 1. The van der Waals surface area contributed by atoms with Crippen molar-refractivity contribution in [3.8, 4) is 0 Å². The molecule has 0 atom stereocenters. The summed E-state index contributed by atoms with van der Waals surface area (Å²) in [5.74, 6) is -1.65. The average molecular weight is 400 g/mol. The summed E-state index contributed by atoms with van der Waals surface area (Å²) < 4.78 is 13.8. The molecule has 30 heavy (non-hydrogen) atoms. The van der Waals surface area contributed by atoms with Crippen molar-refractivity contribution in [2.75, 3.05) is 5.32 Å². The van der Waals surface area contributed by atoms with E-state index in [0.29, 0.717) is 11.3 Å². The van der Waals surface area contributed by atoms with Crippen LogP contribution in [0.3, 0.4) is 0 Å². The molecule has 0 spiro atoms. The Morgan fingerprint density at radius 3 is 2.60 bits per heavy atom. The maximum atomic E-state index is 13.8. The first-order chi connectivity index (χ1) is 14.6. The van der Waals surface area contributed by atoms with Gasteiger partial charge in [-0.25, -0.2) is 9.82 Å². The van der Waals surface area contributed by atoms with E-state index >= 15 is 0 Å². The van der Waals surface area contributed by atoms with Gasteiger partial charge in [-0.2, -0.15) is 5.10 Å². The molecule has 7 heteroatoms. The number of halogens is 1. The Hall–Kier alpha value is -4.26. The lowest BCUT2D eigenvalue weighted by molar-refractivity contribution is 0.0953. The van der Waals surface area contributed by atoms with Crippen LogP contribution in [0.15, 0.2) is 84.1 Å². The Balaban J connectivity index is 1.43. The number of amides is 2. The minimum atomic E-state index is -0.615.